The van der Waals surface area contributed by atoms with Gasteiger partial charge < -0.3 is 4.57 Å². The summed E-state index contributed by atoms with van der Waals surface area (Å²) >= 11 is 0. The lowest BCUT2D eigenvalue weighted by atomic mass is 9.84. The molecule has 4 heteroatoms. The number of benzene rings is 5. The molecular weight excluding hydrogens is 548 g/mol. The first-order valence-corrected chi connectivity index (χ1v) is 15.1. The largest absolute Gasteiger partial charge is 0.307 e. The second kappa shape index (κ2) is 10.8. The van der Waals surface area contributed by atoms with Crippen molar-refractivity contribution >= 4 is 21.8 Å². The number of aromatic nitrogens is 1. The van der Waals surface area contributed by atoms with E-state index in [1.54, 1.807) is 0 Å². The molecule has 0 amide bonds. The van der Waals surface area contributed by atoms with Crippen molar-refractivity contribution < 1.29 is 0 Å². The molecule has 0 aliphatic rings. The predicted octanol–water partition coefficient (Wildman–Crippen LogP) is 10.3. The van der Waals surface area contributed by atoms with Crippen molar-refractivity contribution in [3.63, 3.8) is 0 Å². The van der Waals surface area contributed by atoms with Crippen molar-refractivity contribution in [3.8, 4) is 46.1 Å². The zero-order valence-electron chi connectivity index (χ0n) is 26.5. The molecular formula is C41H34N4. The average Bonchev–Trinajstić information content (AvgIpc) is 3.36. The Morgan fingerprint density at radius 2 is 0.867 bits per heavy atom. The maximum Gasteiger partial charge on any atom is 0.102 e. The van der Waals surface area contributed by atoms with Crippen LogP contribution in [0, 0.1) is 34.0 Å². The first-order chi connectivity index (χ1) is 21.5. The molecule has 1 aromatic heterocycles. The Balaban J connectivity index is 1.89. The molecule has 0 radical (unpaired) electrons. The monoisotopic (exact) mass is 582 g/mol. The molecule has 4 nitrogen and oxygen atoms in total. The molecule has 218 valence electrons. The van der Waals surface area contributed by atoms with Gasteiger partial charge in [0.2, 0.25) is 0 Å². The highest BCUT2D eigenvalue weighted by Crippen LogP contribution is 2.45. The normalized spacial score (nSPS) is 11.7. The number of rotatable bonds is 3. The van der Waals surface area contributed by atoms with Crippen LogP contribution in [0.15, 0.2) is 97.1 Å². The molecule has 0 saturated carbocycles. The minimum Gasteiger partial charge on any atom is -0.307 e. The van der Waals surface area contributed by atoms with E-state index < -0.39 is 0 Å². The molecule has 5 aromatic carbocycles. The van der Waals surface area contributed by atoms with Crippen molar-refractivity contribution in [1.82, 2.24) is 4.57 Å². The standard InChI is InChI=1S/C41H34N4/c1-40(2,3)28-17-19-35-30(21-28)31-22-29(41(4,5)6)18-20-36(31)45(35)39-33(24-43)37(26-13-9-7-10-14-26)32(23-42)38(34(39)25-44)27-15-11-8-12-16-27/h7-22H,1-6H3. The molecule has 6 aromatic rings. The zero-order valence-corrected chi connectivity index (χ0v) is 26.5. The third-order valence-corrected chi connectivity index (χ3v) is 8.65. The van der Waals surface area contributed by atoms with E-state index in [4.69, 9.17) is 0 Å². The second-order valence-corrected chi connectivity index (χ2v) is 13.6. The highest BCUT2D eigenvalue weighted by molar-refractivity contribution is 6.11. The van der Waals surface area contributed by atoms with Crippen LogP contribution in [0.3, 0.4) is 0 Å². The van der Waals surface area contributed by atoms with Crippen LogP contribution in [0.5, 0.6) is 0 Å². The molecule has 6 rings (SSSR count). The van der Waals surface area contributed by atoms with Crippen LogP contribution in [-0.4, -0.2) is 4.57 Å². The molecule has 0 fully saturated rings. The van der Waals surface area contributed by atoms with Crippen LogP contribution in [0.2, 0.25) is 0 Å². The summed E-state index contributed by atoms with van der Waals surface area (Å²) in [5.41, 5.74) is 8.02. The fraction of sp³-hybridized carbons (Fsp3) is 0.195. The summed E-state index contributed by atoms with van der Waals surface area (Å²) < 4.78 is 2.07. The highest BCUT2D eigenvalue weighted by atomic mass is 15.0. The number of nitriles is 3. The SMILES string of the molecule is CC(C)(C)c1ccc2c(c1)c1cc(C(C)(C)C)ccc1n2-c1c(C#N)c(-c2ccccc2)c(C#N)c(-c2ccccc2)c1C#N. The molecule has 0 unspecified atom stereocenters. The zero-order chi connectivity index (χ0) is 32.1. The molecule has 0 spiro atoms. The van der Waals surface area contributed by atoms with Gasteiger partial charge in [0.25, 0.3) is 0 Å². The van der Waals surface area contributed by atoms with Gasteiger partial charge in [0.1, 0.15) is 18.2 Å². The number of fused-ring (bicyclic) bond motifs is 3. The molecule has 0 bridgehead atoms. The lowest BCUT2D eigenvalue weighted by molar-refractivity contribution is 0.590. The summed E-state index contributed by atoms with van der Waals surface area (Å²) in [6.07, 6.45) is 0. The van der Waals surface area contributed by atoms with E-state index >= 15 is 0 Å². The molecule has 0 N–H and O–H groups in total. The summed E-state index contributed by atoms with van der Waals surface area (Å²) in [5, 5.41) is 34.6. The van der Waals surface area contributed by atoms with E-state index in [1.807, 2.05) is 60.7 Å². The minimum absolute atomic E-state index is 0.0741. The van der Waals surface area contributed by atoms with Gasteiger partial charge in [0, 0.05) is 21.9 Å². The topological polar surface area (TPSA) is 76.3 Å². The van der Waals surface area contributed by atoms with Gasteiger partial charge >= 0.3 is 0 Å². The highest BCUT2D eigenvalue weighted by Gasteiger charge is 2.30. The summed E-state index contributed by atoms with van der Waals surface area (Å²) in [5.74, 6) is 0. The lowest BCUT2D eigenvalue weighted by Crippen LogP contribution is -2.11. The van der Waals surface area contributed by atoms with Crippen LogP contribution in [0.25, 0.3) is 49.7 Å². The van der Waals surface area contributed by atoms with Gasteiger partial charge in [-0.15, -0.1) is 0 Å². The summed E-state index contributed by atoms with van der Waals surface area (Å²) in [6, 6.07) is 39.4. The van der Waals surface area contributed by atoms with Crippen LogP contribution >= 0.6 is 0 Å². The second-order valence-electron chi connectivity index (χ2n) is 13.6. The Bertz CT molecular complexity index is 2090. The van der Waals surface area contributed by atoms with Crippen molar-refractivity contribution in [2.45, 2.75) is 52.4 Å². The first-order valence-electron chi connectivity index (χ1n) is 15.1. The Kier molecular flexibility index (Phi) is 7.08. The van der Waals surface area contributed by atoms with Crippen LogP contribution in [-0.2, 0) is 10.8 Å². The molecule has 0 aliphatic heterocycles. The molecule has 0 atom stereocenters. The minimum atomic E-state index is -0.0741. The van der Waals surface area contributed by atoms with Crippen molar-refractivity contribution in [2.75, 3.05) is 0 Å². The van der Waals surface area contributed by atoms with Crippen LogP contribution < -0.4 is 0 Å². The maximum absolute atomic E-state index is 10.9. The fourth-order valence-corrected chi connectivity index (χ4v) is 6.27. The number of hydrogen-bond donors (Lipinski definition) is 0. The van der Waals surface area contributed by atoms with Crippen molar-refractivity contribution in [3.05, 3.63) is 125 Å². The van der Waals surface area contributed by atoms with Gasteiger partial charge in [-0.1, -0.05) is 114 Å². The summed E-state index contributed by atoms with van der Waals surface area (Å²) in [4.78, 5) is 0. The third kappa shape index (κ3) is 4.84. The van der Waals surface area contributed by atoms with Gasteiger partial charge in [-0.25, -0.2) is 0 Å². The molecule has 1 heterocycles. The Hall–Kier alpha value is -5.63. The smallest absolute Gasteiger partial charge is 0.102 e. The Morgan fingerprint density at radius 1 is 0.489 bits per heavy atom. The van der Waals surface area contributed by atoms with Gasteiger partial charge in [-0.3, -0.25) is 0 Å². The predicted molar refractivity (Wildman–Crippen MR) is 183 cm³/mol. The number of nitrogens with zero attached hydrogens (tertiary/aromatic N) is 4. The van der Waals surface area contributed by atoms with Gasteiger partial charge in [-0.05, 0) is 57.3 Å². The Labute approximate surface area is 265 Å². The molecule has 0 aliphatic carbocycles. The number of hydrogen-bond acceptors (Lipinski definition) is 3. The first kappa shape index (κ1) is 29.4. The lowest BCUT2D eigenvalue weighted by Gasteiger charge is -2.22. The van der Waals surface area contributed by atoms with Crippen LogP contribution in [0.1, 0.15) is 69.4 Å². The summed E-state index contributed by atoms with van der Waals surface area (Å²) in [7, 11) is 0. The molecule has 45 heavy (non-hydrogen) atoms. The quantitative estimate of drug-likeness (QED) is 0.208. The van der Waals surface area contributed by atoms with E-state index in [0.717, 1.165) is 32.9 Å². The summed E-state index contributed by atoms with van der Waals surface area (Å²) in [6.45, 7) is 13.2. The van der Waals surface area contributed by atoms with Gasteiger partial charge in [0.05, 0.1) is 33.4 Å². The van der Waals surface area contributed by atoms with E-state index in [9.17, 15) is 15.8 Å². The maximum atomic E-state index is 10.9. The third-order valence-electron chi connectivity index (χ3n) is 8.65. The van der Waals surface area contributed by atoms with Crippen molar-refractivity contribution in [1.29, 1.82) is 15.8 Å². The average molecular weight is 583 g/mol. The van der Waals surface area contributed by atoms with E-state index in [-0.39, 0.29) is 10.8 Å². The Morgan fingerprint density at radius 3 is 1.20 bits per heavy atom. The van der Waals surface area contributed by atoms with E-state index in [2.05, 4.69) is 101 Å². The molecule has 0 saturated heterocycles. The van der Waals surface area contributed by atoms with E-state index in [0.29, 0.717) is 33.5 Å². The van der Waals surface area contributed by atoms with Gasteiger partial charge in [-0.2, -0.15) is 15.8 Å². The van der Waals surface area contributed by atoms with Gasteiger partial charge in [0.15, 0.2) is 0 Å². The van der Waals surface area contributed by atoms with Crippen molar-refractivity contribution in [2.24, 2.45) is 0 Å². The fourth-order valence-electron chi connectivity index (χ4n) is 6.27. The van der Waals surface area contributed by atoms with E-state index in [1.165, 1.54) is 11.1 Å². The van der Waals surface area contributed by atoms with Crippen LogP contribution in [0.4, 0.5) is 0 Å².